The molecule has 0 saturated carbocycles. The number of hydrogen-bond donors (Lipinski definition) is 0. The number of amides is 2. The van der Waals surface area contributed by atoms with Crippen LogP contribution in [0.5, 0.6) is 5.75 Å². The second kappa shape index (κ2) is 10.5. The quantitative estimate of drug-likeness (QED) is 0.253. The molecule has 1 fully saturated rings. The maximum absolute atomic E-state index is 13.9. The van der Waals surface area contributed by atoms with Crippen LogP contribution in [0.25, 0.3) is 6.08 Å². The molecule has 0 unspecified atom stereocenters. The van der Waals surface area contributed by atoms with E-state index in [1.165, 1.54) is 11.0 Å². The van der Waals surface area contributed by atoms with Crippen molar-refractivity contribution in [3.8, 4) is 5.75 Å². The Bertz CT molecular complexity index is 1240. The smallest absolute Gasteiger partial charge is 0.293 e. The van der Waals surface area contributed by atoms with Crippen LogP contribution < -0.4 is 4.74 Å². The highest BCUT2D eigenvalue weighted by Crippen LogP contribution is 2.38. The molecular weight excluding hydrogens is 641 g/mol. The Labute approximate surface area is 219 Å². The largest absolute Gasteiger partial charge is 0.486 e. The Morgan fingerprint density at radius 1 is 0.970 bits per heavy atom. The summed E-state index contributed by atoms with van der Waals surface area (Å²) in [7, 11) is 0. The summed E-state index contributed by atoms with van der Waals surface area (Å²) in [5, 5.41) is -0.308. The van der Waals surface area contributed by atoms with Gasteiger partial charge in [0, 0.05) is 10.0 Å². The number of ether oxygens (including phenoxy) is 1. The van der Waals surface area contributed by atoms with Crippen molar-refractivity contribution in [2.45, 2.75) is 13.2 Å². The van der Waals surface area contributed by atoms with E-state index in [-0.39, 0.29) is 30.1 Å². The molecule has 168 valence electrons. The van der Waals surface area contributed by atoms with Gasteiger partial charge in [-0.2, -0.15) is 0 Å². The lowest BCUT2D eigenvalue weighted by atomic mass is 10.2. The topological polar surface area (TPSA) is 46.6 Å². The number of thioether (sulfide) groups is 1. The number of benzene rings is 3. The summed E-state index contributed by atoms with van der Waals surface area (Å²) in [6.07, 6.45) is 1.67. The summed E-state index contributed by atoms with van der Waals surface area (Å²) < 4.78 is 21.9. The van der Waals surface area contributed by atoms with E-state index in [1.807, 2.05) is 24.3 Å². The van der Waals surface area contributed by atoms with Gasteiger partial charge in [-0.05, 0) is 91.2 Å². The molecule has 0 bridgehead atoms. The van der Waals surface area contributed by atoms with Crippen LogP contribution in [0, 0.1) is 5.82 Å². The molecule has 9 heteroatoms. The van der Waals surface area contributed by atoms with Gasteiger partial charge in [0.1, 0.15) is 18.2 Å². The van der Waals surface area contributed by atoms with Gasteiger partial charge in [0.25, 0.3) is 11.1 Å². The summed E-state index contributed by atoms with van der Waals surface area (Å²) in [6.45, 7) is 0.281. The molecule has 4 nitrogen and oxygen atoms in total. The van der Waals surface area contributed by atoms with Crippen LogP contribution in [0.1, 0.15) is 16.7 Å². The molecule has 0 spiro atoms. The minimum Gasteiger partial charge on any atom is -0.486 e. The predicted molar refractivity (Wildman–Crippen MR) is 138 cm³/mol. The van der Waals surface area contributed by atoms with E-state index >= 15 is 0 Å². The van der Waals surface area contributed by atoms with Crippen LogP contribution in [0.15, 0.2) is 79.0 Å². The van der Waals surface area contributed by atoms with Crippen molar-refractivity contribution < 1.29 is 18.7 Å². The highest BCUT2D eigenvalue weighted by atomic mass is 79.9. The van der Waals surface area contributed by atoms with E-state index in [0.29, 0.717) is 30.7 Å². The molecule has 0 radical (unpaired) electrons. The van der Waals surface area contributed by atoms with Gasteiger partial charge in [-0.15, -0.1) is 0 Å². The number of imide groups is 1. The lowest BCUT2D eigenvalue weighted by Gasteiger charge is -2.13. The van der Waals surface area contributed by atoms with Crippen molar-refractivity contribution >= 4 is 76.8 Å². The molecule has 3 aromatic carbocycles. The van der Waals surface area contributed by atoms with Crippen molar-refractivity contribution in [3.05, 3.63) is 101 Å². The zero-order chi connectivity index (χ0) is 23.5. The van der Waals surface area contributed by atoms with Gasteiger partial charge < -0.3 is 4.74 Å². The maximum Gasteiger partial charge on any atom is 0.293 e. The Balaban J connectivity index is 1.50. The third-order valence-electron chi connectivity index (χ3n) is 4.78. The number of rotatable bonds is 6. The first-order valence-corrected chi connectivity index (χ1v) is 12.9. The minimum absolute atomic E-state index is 0.0676. The van der Waals surface area contributed by atoms with Gasteiger partial charge in [0.05, 0.1) is 20.4 Å². The Morgan fingerprint density at radius 3 is 2.30 bits per heavy atom. The van der Waals surface area contributed by atoms with Gasteiger partial charge >= 0.3 is 0 Å². The molecule has 0 aliphatic carbocycles. The molecule has 1 aliphatic heterocycles. The lowest BCUT2D eigenvalue weighted by molar-refractivity contribution is -0.123. The second-order valence-corrected chi connectivity index (χ2v) is 10.7. The molecule has 33 heavy (non-hydrogen) atoms. The zero-order valence-corrected chi connectivity index (χ0v) is 22.4. The van der Waals surface area contributed by atoms with Gasteiger partial charge in [0.2, 0.25) is 0 Å². The lowest BCUT2D eigenvalue weighted by Crippen LogP contribution is -2.27. The molecule has 0 N–H and O–H groups in total. The number of nitrogens with zero attached hydrogens (tertiary/aromatic N) is 1. The molecule has 2 amide bonds. The highest BCUT2D eigenvalue weighted by molar-refractivity contribution is 9.11. The standard InChI is InChI=1S/C24H15Br3FNO3S/c25-17-7-5-14(6-8-17)12-29-23(30)21(33-24(29)31)11-15-9-18(26)22(19(27)10-15)32-13-16-3-1-2-4-20(16)28/h1-11H,12-13H2/b21-11-. The Kier molecular flexibility index (Phi) is 7.73. The van der Waals surface area contributed by atoms with E-state index in [0.717, 1.165) is 21.8 Å². The number of carbonyl (C=O) groups excluding carboxylic acids is 2. The van der Waals surface area contributed by atoms with Gasteiger partial charge in [-0.3, -0.25) is 14.5 Å². The van der Waals surface area contributed by atoms with Crippen LogP contribution in [0.4, 0.5) is 9.18 Å². The fraction of sp³-hybridized carbons (Fsp3) is 0.0833. The Hall–Kier alpha value is -1.94. The van der Waals surface area contributed by atoms with E-state index in [9.17, 15) is 14.0 Å². The monoisotopic (exact) mass is 653 g/mol. The third kappa shape index (κ3) is 5.77. The van der Waals surface area contributed by atoms with Gasteiger partial charge in [-0.25, -0.2) is 4.39 Å². The molecule has 0 atom stereocenters. The predicted octanol–water partition coefficient (Wildman–Crippen LogP) is 7.93. The fourth-order valence-corrected chi connectivity index (χ4v) is 5.68. The zero-order valence-electron chi connectivity index (χ0n) is 16.9. The summed E-state index contributed by atoms with van der Waals surface area (Å²) in [5.74, 6) is -0.154. The molecule has 4 rings (SSSR count). The Morgan fingerprint density at radius 2 is 1.64 bits per heavy atom. The minimum atomic E-state index is -0.333. The molecule has 0 aromatic heterocycles. The van der Waals surface area contributed by atoms with Crippen molar-refractivity contribution in [2.24, 2.45) is 0 Å². The number of halogens is 4. The van der Waals surface area contributed by atoms with Crippen LogP contribution in [-0.2, 0) is 17.9 Å². The first-order chi connectivity index (χ1) is 15.8. The molecular formula is C24H15Br3FNO3S. The summed E-state index contributed by atoms with van der Waals surface area (Å²) >= 11 is 11.2. The van der Waals surface area contributed by atoms with E-state index in [2.05, 4.69) is 47.8 Å². The third-order valence-corrected chi connectivity index (χ3v) is 7.39. The normalized spacial score (nSPS) is 14.9. The summed E-state index contributed by atoms with van der Waals surface area (Å²) in [6, 6.07) is 17.5. The molecule has 1 saturated heterocycles. The first-order valence-electron chi connectivity index (χ1n) is 9.67. The number of hydrogen-bond acceptors (Lipinski definition) is 4. The summed E-state index contributed by atoms with van der Waals surface area (Å²) in [5.41, 5.74) is 2.02. The van der Waals surface area contributed by atoms with Crippen LogP contribution in [0.2, 0.25) is 0 Å². The van der Waals surface area contributed by atoms with Gasteiger partial charge in [0.15, 0.2) is 0 Å². The van der Waals surface area contributed by atoms with Crippen molar-refractivity contribution in [3.63, 3.8) is 0 Å². The van der Waals surface area contributed by atoms with Crippen LogP contribution in [-0.4, -0.2) is 16.0 Å². The van der Waals surface area contributed by atoms with Crippen LogP contribution >= 0.6 is 59.6 Å². The van der Waals surface area contributed by atoms with Crippen molar-refractivity contribution in [1.29, 1.82) is 0 Å². The fourth-order valence-electron chi connectivity index (χ4n) is 3.13. The van der Waals surface area contributed by atoms with E-state index in [4.69, 9.17) is 4.74 Å². The van der Waals surface area contributed by atoms with Crippen molar-refractivity contribution in [2.75, 3.05) is 0 Å². The maximum atomic E-state index is 13.9. The van der Waals surface area contributed by atoms with E-state index < -0.39 is 0 Å². The summed E-state index contributed by atoms with van der Waals surface area (Å²) in [4.78, 5) is 26.9. The molecule has 1 heterocycles. The average molecular weight is 656 g/mol. The van der Waals surface area contributed by atoms with Gasteiger partial charge in [-0.1, -0.05) is 46.3 Å². The molecule has 1 aliphatic rings. The first kappa shape index (κ1) is 24.2. The SMILES string of the molecule is O=C1S/C(=C\c2cc(Br)c(OCc3ccccc3F)c(Br)c2)C(=O)N1Cc1ccc(Br)cc1. The van der Waals surface area contributed by atoms with Crippen molar-refractivity contribution in [1.82, 2.24) is 4.90 Å². The highest BCUT2D eigenvalue weighted by Gasteiger charge is 2.35. The number of carbonyl (C=O) groups is 2. The molecule has 3 aromatic rings. The van der Waals surface area contributed by atoms with Crippen LogP contribution in [0.3, 0.4) is 0 Å². The average Bonchev–Trinajstić information content (AvgIpc) is 3.03. The van der Waals surface area contributed by atoms with E-state index in [1.54, 1.807) is 36.4 Å². The second-order valence-electron chi connectivity index (χ2n) is 7.09.